The molecule has 0 saturated carbocycles. The number of anilines is 1. The molecule has 0 atom stereocenters. The molecule has 1 aliphatic rings. The number of benzene rings is 3. The normalized spacial score (nSPS) is 14.2. The summed E-state index contributed by atoms with van der Waals surface area (Å²) >= 11 is 6.88. The molecule has 7 heteroatoms. The van der Waals surface area contributed by atoms with Crippen LogP contribution in [0.15, 0.2) is 80.5 Å². The molecule has 30 heavy (non-hydrogen) atoms. The van der Waals surface area contributed by atoms with E-state index in [0.29, 0.717) is 28.0 Å². The summed E-state index contributed by atoms with van der Waals surface area (Å²) in [5, 5.41) is 3.38. The van der Waals surface area contributed by atoms with Gasteiger partial charge >= 0.3 is 0 Å². The first-order chi connectivity index (χ1) is 14.5. The van der Waals surface area contributed by atoms with Crippen LogP contribution >= 0.6 is 31.9 Å². The van der Waals surface area contributed by atoms with Crippen molar-refractivity contribution in [3.8, 4) is 5.69 Å². The largest absolute Gasteiger partial charge is 0.321 e. The van der Waals surface area contributed by atoms with Gasteiger partial charge in [0, 0.05) is 20.2 Å². The monoisotopic (exact) mass is 521 g/mol. The molecule has 0 aliphatic carbocycles. The molecule has 3 aromatic carbocycles. The van der Waals surface area contributed by atoms with E-state index in [9.17, 15) is 9.59 Å². The number of amides is 1. The average Bonchev–Trinajstić information content (AvgIpc) is 3.04. The summed E-state index contributed by atoms with van der Waals surface area (Å²) in [5.74, 6) is 0.159. The first-order valence-corrected chi connectivity index (χ1v) is 10.7. The molecule has 1 amide bonds. The highest BCUT2D eigenvalue weighted by Crippen LogP contribution is 2.35. The lowest BCUT2D eigenvalue weighted by atomic mass is 10.1. The predicted octanol–water partition coefficient (Wildman–Crippen LogP) is 5.40. The first-order valence-electron chi connectivity index (χ1n) is 9.12. The third kappa shape index (κ3) is 3.20. The first kappa shape index (κ1) is 19.0. The second-order valence-corrected chi connectivity index (χ2v) is 8.64. The van der Waals surface area contributed by atoms with Crippen LogP contribution in [0.3, 0.4) is 0 Å². The quantitative estimate of drug-likeness (QED) is 0.358. The van der Waals surface area contributed by atoms with E-state index >= 15 is 0 Å². The van der Waals surface area contributed by atoms with Crippen LogP contribution < -0.4 is 10.9 Å². The van der Waals surface area contributed by atoms with E-state index in [1.54, 1.807) is 18.2 Å². The Hall–Kier alpha value is -3.03. The second-order valence-electron chi connectivity index (χ2n) is 6.81. The molecule has 1 N–H and O–H groups in total. The molecule has 146 valence electrons. The third-order valence-electron chi connectivity index (χ3n) is 4.92. The average molecular weight is 523 g/mol. The summed E-state index contributed by atoms with van der Waals surface area (Å²) in [6, 6.07) is 20.2. The standard InChI is InChI=1S/C23H13Br2N3O2/c24-13-5-8-15(9-6-13)28-21(26-19-4-2-1-3-16(19)23(28)30)12-18-17-11-14(25)7-10-20(17)27-22(18)29/h1-12H,(H,27,29)/b18-12-. The van der Waals surface area contributed by atoms with Crippen LogP contribution in [0.4, 0.5) is 5.69 Å². The molecule has 0 spiro atoms. The Bertz CT molecular complexity index is 1420. The van der Waals surface area contributed by atoms with Gasteiger partial charge in [0.25, 0.3) is 11.5 Å². The molecular weight excluding hydrogens is 510 g/mol. The number of halogens is 2. The van der Waals surface area contributed by atoms with Crippen molar-refractivity contribution in [1.82, 2.24) is 9.55 Å². The molecule has 0 radical (unpaired) electrons. The lowest BCUT2D eigenvalue weighted by molar-refractivity contribution is -0.110. The number of nitrogens with one attached hydrogen (secondary N) is 1. The Morgan fingerprint density at radius 2 is 1.63 bits per heavy atom. The van der Waals surface area contributed by atoms with Crippen LogP contribution in [0.25, 0.3) is 28.2 Å². The summed E-state index contributed by atoms with van der Waals surface area (Å²) in [5.41, 5.74) is 3.01. The molecule has 4 aromatic rings. The summed E-state index contributed by atoms with van der Waals surface area (Å²) < 4.78 is 3.30. The second kappa shape index (κ2) is 7.34. The number of hydrogen-bond acceptors (Lipinski definition) is 3. The van der Waals surface area contributed by atoms with Gasteiger partial charge in [-0.25, -0.2) is 4.98 Å². The highest BCUT2D eigenvalue weighted by atomic mass is 79.9. The van der Waals surface area contributed by atoms with E-state index in [-0.39, 0.29) is 11.5 Å². The Morgan fingerprint density at radius 1 is 0.900 bits per heavy atom. The number of rotatable bonds is 2. The van der Waals surface area contributed by atoms with Crippen LogP contribution in [-0.4, -0.2) is 15.5 Å². The lowest BCUT2D eigenvalue weighted by Gasteiger charge is -2.12. The number of nitrogens with zero attached hydrogens (tertiary/aromatic N) is 2. The van der Waals surface area contributed by atoms with E-state index in [1.807, 2.05) is 54.6 Å². The van der Waals surface area contributed by atoms with Gasteiger partial charge in [0.1, 0.15) is 5.82 Å². The topological polar surface area (TPSA) is 64.0 Å². The zero-order valence-corrected chi connectivity index (χ0v) is 18.6. The van der Waals surface area contributed by atoms with Crippen molar-refractivity contribution < 1.29 is 4.79 Å². The van der Waals surface area contributed by atoms with Crippen LogP contribution in [0, 0.1) is 0 Å². The van der Waals surface area contributed by atoms with E-state index in [2.05, 4.69) is 37.2 Å². The maximum absolute atomic E-state index is 13.4. The SMILES string of the molecule is O=C1Nc2ccc(Br)cc2/C1=C/c1nc2ccccc2c(=O)n1-c1ccc(Br)cc1. The van der Waals surface area contributed by atoms with Crippen LogP contribution in [0.5, 0.6) is 0 Å². The van der Waals surface area contributed by atoms with Crippen molar-refractivity contribution in [3.05, 3.63) is 97.4 Å². The minimum atomic E-state index is -0.229. The van der Waals surface area contributed by atoms with E-state index in [4.69, 9.17) is 4.98 Å². The summed E-state index contributed by atoms with van der Waals surface area (Å²) in [6.07, 6.45) is 1.67. The van der Waals surface area contributed by atoms with Gasteiger partial charge in [-0.1, -0.05) is 44.0 Å². The van der Waals surface area contributed by atoms with Crippen molar-refractivity contribution in [2.45, 2.75) is 0 Å². The molecule has 0 fully saturated rings. The van der Waals surface area contributed by atoms with Crippen molar-refractivity contribution in [1.29, 1.82) is 0 Å². The van der Waals surface area contributed by atoms with Gasteiger partial charge in [0.05, 0.1) is 22.2 Å². The fraction of sp³-hybridized carbons (Fsp3) is 0. The zero-order chi connectivity index (χ0) is 20.8. The van der Waals surface area contributed by atoms with Gasteiger partial charge in [0.15, 0.2) is 0 Å². The lowest BCUT2D eigenvalue weighted by Crippen LogP contribution is -2.22. The van der Waals surface area contributed by atoms with E-state index < -0.39 is 0 Å². The van der Waals surface area contributed by atoms with Crippen LogP contribution in [-0.2, 0) is 4.79 Å². The molecule has 0 bridgehead atoms. The fourth-order valence-corrected chi connectivity index (χ4v) is 4.14. The van der Waals surface area contributed by atoms with Gasteiger partial charge < -0.3 is 5.32 Å². The Balaban J connectivity index is 1.81. The molecule has 0 unspecified atom stereocenters. The van der Waals surface area contributed by atoms with Gasteiger partial charge in [-0.15, -0.1) is 0 Å². The number of para-hydroxylation sites is 1. The zero-order valence-electron chi connectivity index (χ0n) is 15.4. The summed E-state index contributed by atoms with van der Waals surface area (Å²) in [7, 11) is 0. The maximum atomic E-state index is 13.4. The molecular formula is C23H13Br2N3O2. The van der Waals surface area contributed by atoms with Gasteiger partial charge in [0.2, 0.25) is 0 Å². The number of carbonyl (C=O) groups excluding carboxylic acids is 1. The third-order valence-corrected chi connectivity index (χ3v) is 5.95. The number of aromatic nitrogens is 2. The summed E-state index contributed by atoms with van der Waals surface area (Å²) in [4.78, 5) is 30.7. The minimum Gasteiger partial charge on any atom is -0.321 e. The van der Waals surface area contributed by atoms with Crippen LogP contribution in [0.1, 0.15) is 11.4 Å². The molecule has 1 aliphatic heterocycles. The number of fused-ring (bicyclic) bond motifs is 2. The molecule has 2 heterocycles. The van der Waals surface area contributed by atoms with Crippen molar-refractivity contribution in [3.63, 3.8) is 0 Å². The van der Waals surface area contributed by atoms with Gasteiger partial charge in [-0.05, 0) is 60.7 Å². The van der Waals surface area contributed by atoms with Crippen LogP contribution in [0.2, 0.25) is 0 Å². The summed E-state index contributed by atoms with van der Waals surface area (Å²) in [6.45, 7) is 0. The smallest absolute Gasteiger partial charge is 0.266 e. The van der Waals surface area contributed by atoms with Gasteiger partial charge in [-0.2, -0.15) is 0 Å². The minimum absolute atomic E-state index is 0.192. The van der Waals surface area contributed by atoms with Gasteiger partial charge in [-0.3, -0.25) is 14.2 Å². The maximum Gasteiger partial charge on any atom is 0.266 e. The fourth-order valence-electron chi connectivity index (χ4n) is 3.52. The van der Waals surface area contributed by atoms with Crippen molar-refractivity contribution in [2.24, 2.45) is 0 Å². The van der Waals surface area contributed by atoms with Crippen molar-refractivity contribution in [2.75, 3.05) is 5.32 Å². The highest BCUT2D eigenvalue weighted by Gasteiger charge is 2.25. The number of hydrogen-bond donors (Lipinski definition) is 1. The highest BCUT2D eigenvalue weighted by molar-refractivity contribution is 9.10. The number of carbonyl (C=O) groups is 1. The van der Waals surface area contributed by atoms with E-state index in [0.717, 1.165) is 20.2 Å². The molecule has 5 rings (SSSR count). The predicted molar refractivity (Wildman–Crippen MR) is 126 cm³/mol. The van der Waals surface area contributed by atoms with Crippen molar-refractivity contribution >= 4 is 66.0 Å². The Morgan fingerprint density at radius 3 is 2.43 bits per heavy atom. The Labute approximate surface area is 188 Å². The molecule has 5 nitrogen and oxygen atoms in total. The Kier molecular flexibility index (Phi) is 4.64. The molecule has 0 saturated heterocycles. The van der Waals surface area contributed by atoms with E-state index in [1.165, 1.54) is 4.57 Å². The molecule has 1 aromatic heterocycles.